The van der Waals surface area contributed by atoms with Crippen molar-refractivity contribution in [2.75, 3.05) is 11.9 Å². The van der Waals surface area contributed by atoms with E-state index in [1.807, 2.05) is 30.3 Å². The summed E-state index contributed by atoms with van der Waals surface area (Å²) in [4.78, 5) is 12.9. The fraction of sp³-hybridized carbons (Fsp3) is 0.440. The Morgan fingerprint density at radius 1 is 1.06 bits per heavy atom. The van der Waals surface area contributed by atoms with Crippen LogP contribution in [0.15, 0.2) is 42.5 Å². The van der Waals surface area contributed by atoms with E-state index in [1.165, 1.54) is 50.5 Å². The molecule has 33 heavy (non-hydrogen) atoms. The summed E-state index contributed by atoms with van der Waals surface area (Å²) in [6, 6.07) is 13.2. The summed E-state index contributed by atoms with van der Waals surface area (Å²) >= 11 is 0. The van der Waals surface area contributed by atoms with Crippen LogP contribution in [0.4, 0.5) is 5.69 Å². The molecular weight excluding hydrogens is 418 g/mol. The highest BCUT2D eigenvalue weighted by atomic mass is 16.6. The molecule has 1 aliphatic heterocycles. The van der Waals surface area contributed by atoms with Crippen molar-refractivity contribution in [3.63, 3.8) is 0 Å². The van der Waals surface area contributed by atoms with E-state index >= 15 is 0 Å². The number of hydrogen-bond acceptors (Lipinski definition) is 6. The lowest BCUT2D eigenvalue weighted by atomic mass is 10.0. The molecule has 0 saturated heterocycles. The van der Waals surface area contributed by atoms with Crippen molar-refractivity contribution in [1.82, 2.24) is 20.6 Å². The van der Waals surface area contributed by atoms with Crippen molar-refractivity contribution in [1.29, 1.82) is 0 Å². The second-order valence-electron chi connectivity index (χ2n) is 8.36. The molecule has 1 aliphatic rings. The Bertz CT molecular complexity index is 1020. The van der Waals surface area contributed by atoms with Gasteiger partial charge in [0.2, 0.25) is 0 Å². The van der Waals surface area contributed by atoms with Gasteiger partial charge in [-0.15, -0.1) is 5.10 Å². The molecule has 8 heteroatoms. The predicted molar refractivity (Wildman–Crippen MR) is 126 cm³/mol. The molecule has 1 aromatic heterocycles. The highest BCUT2D eigenvalue weighted by Crippen LogP contribution is 2.41. The zero-order chi connectivity index (χ0) is 22.9. The summed E-state index contributed by atoms with van der Waals surface area (Å²) in [5, 5.41) is 16.7. The molecular formula is C25H31N5O3. The van der Waals surface area contributed by atoms with Gasteiger partial charge in [0.05, 0.1) is 5.69 Å². The molecule has 8 nitrogen and oxygen atoms in total. The van der Waals surface area contributed by atoms with Crippen molar-refractivity contribution in [2.45, 2.75) is 64.4 Å². The second-order valence-corrected chi connectivity index (χ2v) is 8.36. The molecule has 174 valence electrons. The maximum atomic E-state index is 12.9. The fourth-order valence-corrected chi connectivity index (χ4v) is 3.93. The van der Waals surface area contributed by atoms with Gasteiger partial charge in [-0.05, 0) is 53.1 Å². The van der Waals surface area contributed by atoms with Gasteiger partial charge in [0.1, 0.15) is 6.61 Å². The van der Waals surface area contributed by atoms with Crippen LogP contribution in [0.1, 0.15) is 79.7 Å². The minimum atomic E-state index is -0.475. The van der Waals surface area contributed by atoms with Gasteiger partial charge in [0, 0.05) is 5.56 Å². The highest BCUT2D eigenvalue weighted by molar-refractivity contribution is 6.05. The Kier molecular flexibility index (Phi) is 7.90. The SMILES string of the molecule is CCCCCCCCCc1ccc(C(=O)Nc2cccc3c2OC(c2nnn[nH]2)CO3)cc1. The number of unbranched alkanes of at least 4 members (excludes halogenated alkanes) is 6. The first kappa shape index (κ1) is 22.8. The summed E-state index contributed by atoms with van der Waals surface area (Å²) in [6.07, 6.45) is 9.64. The fourth-order valence-electron chi connectivity index (χ4n) is 3.93. The zero-order valence-electron chi connectivity index (χ0n) is 19.0. The number of fused-ring (bicyclic) bond motifs is 1. The average Bonchev–Trinajstić information content (AvgIpc) is 3.39. The van der Waals surface area contributed by atoms with E-state index in [1.54, 1.807) is 12.1 Å². The number of ether oxygens (including phenoxy) is 2. The number of carbonyl (C=O) groups excluding carboxylic acids is 1. The Morgan fingerprint density at radius 3 is 2.61 bits per heavy atom. The largest absolute Gasteiger partial charge is 0.485 e. The van der Waals surface area contributed by atoms with Crippen LogP contribution in [0.25, 0.3) is 0 Å². The number of nitrogens with one attached hydrogen (secondary N) is 2. The first-order chi connectivity index (χ1) is 16.2. The van der Waals surface area contributed by atoms with E-state index in [-0.39, 0.29) is 12.5 Å². The number of hydrogen-bond donors (Lipinski definition) is 2. The molecule has 2 heterocycles. The smallest absolute Gasteiger partial charge is 0.255 e. The number of nitrogens with zero attached hydrogens (tertiary/aromatic N) is 3. The van der Waals surface area contributed by atoms with E-state index in [2.05, 4.69) is 32.9 Å². The molecule has 3 aromatic rings. The van der Waals surface area contributed by atoms with Gasteiger partial charge in [-0.25, -0.2) is 5.10 Å². The van der Waals surface area contributed by atoms with Crippen molar-refractivity contribution in [3.05, 3.63) is 59.4 Å². The monoisotopic (exact) mass is 449 g/mol. The Balaban J connectivity index is 1.32. The van der Waals surface area contributed by atoms with Gasteiger partial charge in [0.15, 0.2) is 23.4 Å². The second kappa shape index (κ2) is 11.4. The Labute approximate surface area is 194 Å². The van der Waals surface area contributed by atoms with Gasteiger partial charge in [0.25, 0.3) is 5.91 Å². The van der Waals surface area contributed by atoms with Crippen molar-refractivity contribution in [2.24, 2.45) is 0 Å². The van der Waals surface area contributed by atoms with Crippen LogP contribution in [-0.4, -0.2) is 33.1 Å². The van der Waals surface area contributed by atoms with E-state index in [4.69, 9.17) is 9.47 Å². The first-order valence-corrected chi connectivity index (χ1v) is 11.8. The summed E-state index contributed by atoms with van der Waals surface area (Å²) in [6.45, 7) is 2.52. The van der Waals surface area contributed by atoms with E-state index in [0.29, 0.717) is 28.6 Å². The van der Waals surface area contributed by atoms with Crippen LogP contribution < -0.4 is 14.8 Å². The molecule has 2 aromatic carbocycles. The van der Waals surface area contributed by atoms with E-state index in [0.717, 1.165) is 6.42 Å². The molecule has 1 amide bonds. The number of aromatic nitrogens is 4. The third kappa shape index (κ3) is 6.09. The summed E-state index contributed by atoms with van der Waals surface area (Å²) in [5.74, 6) is 1.31. The van der Waals surface area contributed by atoms with Crippen LogP contribution in [0.2, 0.25) is 0 Å². The number of aryl methyl sites for hydroxylation is 1. The minimum absolute atomic E-state index is 0.196. The van der Waals surface area contributed by atoms with Crippen molar-refractivity contribution in [3.8, 4) is 11.5 Å². The molecule has 4 rings (SSSR count). The average molecular weight is 450 g/mol. The number of aromatic amines is 1. The number of anilines is 1. The van der Waals surface area contributed by atoms with Crippen molar-refractivity contribution < 1.29 is 14.3 Å². The van der Waals surface area contributed by atoms with Crippen LogP contribution >= 0.6 is 0 Å². The lowest BCUT2D eigenvalue weighted by Crippen LogP contribution is -2.24. The van der Waals surface area contributed by atoms with Crippen LogP contribution in [-0.2, 0) is 6.42 Å². The predicted octanol–water partition coefficient (Wildman–Crippen LogP) is 5.26. The molecule has 1 unspecified atom stereocenters. The molecule has 0 fully saturated rings. The number of carbonyl (C=O) groups is 1. The molecule has 0 saturated carbocycles. The maximum Gasteiger partial charge on any atom is 0.255 e. The van der Waals surface area contributed by atoms with Gasteiger partial charge < -0.3 is 14.8 Å². The lowest BCUT2D eigenvalue weighted by Gasteiger charge is -2.26. The Hall–Kier alpha value is -3.42. The number of benzene rings is 2. The molecule has 0 aliphatic carbocycles. The van der Waals surface area contributed by atoms with E-state index < -0.39 is 6.10 Å². The Morgan fingerprint density at radius 2 is 1.85 bits per heavy atom. The first-order valence-electron chi connectivity index (χ1n) is 11.8. The van der Waals surface area contributed by atoms with E-state index in [9.17, 15) is 4.79 Å². The lowest BCUT2D eigenvalue weighted by molar-refractivity contribution is 0.0856. The third-order valence-corrected chi connectivity index (χ3v) is 5.83. The molecule has 2 N–H and O–H groups in total. The van der Waals surface area contributed by atoms with Gasteiger partial charge in [-0.1, -0.05) is 63.6 Å². The normalized spacial score (nSPS) is 14.8. The zero-order valence-corrected chi connectivity index (χ0v) is 19.0. The van der Waals surface area contributed by atoms with Crippen LogP contribution in [0.3, 0.4) is 0 Å². The van der Waals surface area contributed by atoms with Crippen LogP contribution in [0, 0.1) is 0 Å². The van der Waals surface area contributed by atoms with Crippen molar-refractivity contribution >= 4 is 11.6 Å². The standard InChI is InChI=1S/C25H31N5O3/c1-2-3-4-5-6-7-8-10-18-13-15-19(16-14-18)25(31)26-20-11-9-12-21-23(20)33-22(17-32-21)24-27-29-30-28-24/h9,11-16,22H,2-8,10,17H2,1H3,(H,26,31)(H,27,28,29,30). The van der Waals surface area contributed by atoms with Gasteiger partial charge in [-0.2, -0.15) is 0 Å². The molecule has 0 bridgehead atoms. The van der Waals surface area contributed by atoms with Gasteiger partial charge >= 0.3 is 0 Å². The summed E-state index contributed by atoms with van der Waals surface area (Å²) in [5.41, 5.74) is 2.41. The van der Waals surface area contributed by atoms with Crippen LogP contribution in [0.5, 0.6) is 11.5 Å². The molecule has 0 spiro atoms. The van der Waals surface area contributed by atoms with Gasteiger partial charge in [-0.3, -0.25) is 4.79 Å². The minimum Gasteiger partial charge on any atom is -0.485 e. The number of tetrazole rings is 1. The highest BCUT2D eigenvalue weighted by Gasteiger charge is 2.28. The number of para-hydroxylation sites is 1. The third-order valence-electron chi connectivity index (χ3n) is 5.83. The topological polar surface area (TPSA) is 102 Å². The summed E-state index contributed by atoms with van der Waals surface area (Å²) < 4.78 is 11.8. The number of amides is 1. The summed E-state index contributed by atoms with van der Waals surface area (Å²) in [7, 11) is 0. The number of H-pyrrole nitrogens is 1. The molecule has 0 radical (unpaired) electrons. The number of rotatable bonds is 11. The maximum absolute atomic E-state index is 12.9. The molecule has 1 atom stereocenters. The quantitative estimate of drug-likeness (QED) is 0.387.